The van der Waals surface area contributed by atoms with E-state index in [4.69, 9.17) is 0 Å². The molecule has 1 aliphatic heterocycles. The Balaban J connectivity index is 1.83. The Kier molecular flexibility index (Phi) is 6.40. The molecule has 1 amide bonds. The summed E-state index contributed by atoms with van der Waals surface area (Å²) in [5, 5.41) is 10.1. The molecule has 172 valence electrons. The van der Waals surface area contributed by atoms with Crippen molar-refractivity contribution in [2.24, 2.45) is 0 Å². The molecule has 1 atom stereocenters. The molecule has 4 rings (SSSR count). The van der Waals surface area contributed by atoms with Gasteiger partial charge in [-0.2, -0.15) is 0 Å². The van der Waals surface area contributed by atoms with E-state index in [1.807, 2.05) is 0 Å². The van der Waals surface area contributed by atoms with Crippen LogP contribution in [0.4, 0.5) is 8.78 Å². The highest BCUT2D eigenvalue weighted by molar-refractivity contribution is 9.10. The van der Waals surface area contributed by atoms with Crippen molar-refractivity contribution in [2.75, 3.05) is 13.1 Å². The fourth-order valence-corrected chi connectivity index (χ4v) is 4.97. The van der Waals surface area contributed by atoms with Crippen LogP contribution in [0, 0.1) is 17.7 Å². The molecule has 0 radical (unpaired) electrons. The number of likely N-dealkylation sites (tertiary alicyclic amines) is 1. The maximum absolute atomic E-state index is 13.9. The zero-order valence-electron chi connectivity index (χ0n) is 17.9. The molecule has 10 heteroatoms. The van der Waals surface area contributed by atoms with E-state index in [0.717, 1.165) is 0 Å². The molecular formula is C23H20BrF2N3O3S. The van der Waals surface area contributed by atoms with E-state index in [0.29, 0.717) is 27.3 Å². The number of benzene rings is 1. The van der Waals surface area contributed by atoms with Gasteiger partial charge in [0, 0.05) is 5.56 Å². The first kappa shape index (κ1) is 23.5. The summed E-state index contributed by atoms with van der Waals surface area (Å²) in [6.07, 6.45) is 0.898. The summed E-state index contributed by atoms with van der Waals surface area (Å²) in [6, 6.07) is 4.35. The number of hydrogen-bond acceptors (Lipinski definition) is 5. The van der Waals surface area contributed by atoms with E-state index < -0.39 is 23.1 Å². The lowest BCUT2D eigenvalue weighted by molar-refractivity contribution is -0.144. The minimum atomic E-state index is -1.41. The van der Waals surface area contributed by atoms with E-state index in [2.05, 4.69) is 32.8 Å². The summed E-state index contributed by atoms with van der Waals surface area (Å²) in [7, 11) is 0. The Labute approximate surface area is 201 Å². The number of thiophene rings is 1. The molecule has 1 N–H and O–H groups in total. The van der Waals surface area contributed by atoms with Crippen LogP contribution in [0.5, 0.6) is 0 Å². The van der Waals surface area contributed by atoms with Crippen molar-refractivity contribution in [3.05, 3.63) is 50.0 Å². The minimum Gasteiger partial charge on any atom is -0.380 e. The maximum atomic E-state index is 13.9. The van der Waals surface area contributed by atoms with Crippen LogP contribution >= 0.6 is 27.3 Å². The number of aromatic nitrogens is 2. The average Bonchev–Trinajstić information content (AvgIpc) is 3.13. The van der Waals surface area contributed by atoms with Gasteiger partial charge in [-0.25, -0.2) is 13.8 Å². The molecular weight excluding hydrogens is 516 g/mol. The molecule has 3 aromatic rings. The summed E-state index contributed by atoms with van der Waals surface area (Å²) < 4.78 is 29.0. The van der Waals surface area contributed by atoms with Crippen molar-refractivity contribution in [3.63, 3.8) is 0 Å². The van der Waals surface area contributed by atoms with Gasteiger partial charge in [-0.3, -0.25) is 14.2 Å². The van der Waals surface area contributed by atoms with Gasteiger partial charge in [-0.15, -0.1) is 11.3 Å². The van der Waals surface area contributed by atoms with Crippen LogP contribution in [0.25, 0.3) is 21.3 Å². The van der Waals surface area contributed by atoms with E-state index in [1.54, 1.807) is 13.0 Å². The predicted molar refractivity (Wildman–Crippen MR) is 126 cm³/mol. The lowest BCUT2D eigenvalue weighted by Crippen LogP contribution is -2.60. The highest BCUT2D eigenvalue weighted by Crippen LogP contribution is 2.37. The molecule has 1 fully saturated rings. The van der Waals surface area contributed by atoms with Crippen molar-refractivity contribution in [1.29, 1.82) is 0 Å². The number of rotatable bonds is 4. The molecule has 33 heavy (non-hydrogen) atoms. The van der Waals surface area contributed by atoms with Gasteiger partial charge in [0.25, 0.3) is 5.56 Å². The van der Waals surface area contributed by atoms with Gasteiger partial charge in [0.05, 0.1) is 34.2 Å². The van der Waals surface area contributed by atoms with E-state index >= 15 is 0 Å². The standard InChI is InChI=1S/C23H20BrF2N3O3S/c1-3-14(30)5-7-17-19(13-4-6-16(25)15(24)8-13)20-21(33-17)27-12-28(22(20)32)9-18(31)29-10-23(2,26)11-29/h4,6,8,12,14,30H,3,9-11H2,1-2H3. The summed E-state index contributed by atoms with van der Waals surface area (Å²) in [5.74, 6) is 4.84. The van der Waals surface area contributed by atoms with Crippen molar-refractivity contribution in [2.45, 2.75) is 38.6 Å². The number of amides is 1. The fourth-order valence-electron chi connectivity index (χ4n) is 3.58. The summed E-state index contributed by atoms with van der Waals surface area (Å²) in [6.45, 7) is 2.93. The Hall–Kier alpha value is -2.61. The van der Waals surface area contributed by atoms with Crippen molar-refractivity contribution < 1.29 is 18.7 Å². The van der Waals surface area contributed by atoms with Gasteiger partial charge in [0.2, 0.25) is 5.91 Å². The number of carbonyl (C=O) groups is 1. The first-order chi connectivity index (χ1) is 15.6. The molecule has 1 aliphatic rings. The zero-order chi connectivity index (χ0) is 23.9. The number of aliphatic hydroxyl groups is 1. The van der Waals surface area contributed by atoms with Crippen LogP contribution in [0.2, 0.25) is 0 Å². The highest BCUT2D eigenvalue weighted by atomic mass is 79.9. The molecule has 0 aliphatic carbocycles. The number of fused-ring (bicyclic) bond motifs is 1. The lowest BCUT2D eigenvalue weighted by Gasteiger charge is -2.42. The highest BCUT2D eigenvalue weighted by Gasteiger charge is 2.41. The van der Waals surface area contributed by atoms with Crippen LogP contribution in [0.3, 0.4) is 0 Å². The molecule has 1 saturated heterocycles. The fraction of sp³-hybridized carbons (Fsp3) is 0.348. The number of halogens is 3. The number of alkyl halides is 1. The van der Waals surface area contributed by atoms with Gasteiger partial charge in [-0.1, -0.05) is 24.8 Å². The quantitative estimate of drug-likeness (QED) is 0.516. The largest absolute Gasteiger partial charge is 0.380 e. The third-order valence-corrected chi connectivity index (χ3v) is 6.95. The minimum absolute atomic E-state index is 0.0109. The number of aliphatic hydroxyl groups excluding tert-OH is 1. The SMILES string of the molecule is CCC(O)C#Cc1sc2ncn(CC(=O)N3CC(C)(F)C3)c(=O)c2c1-c1ccc(F)c(Br)c1. The first-order valence-corrected chi connectivity index (χ1v) is 11.8. The van der Waals surface area contributed by atoms with Crippen LogP contribution in [-0.4, -0.2) is 50.3 Å². The van der Waals surface area contributed by atoms with Crippen LogP contribution in [0.15, 0.2) is 33.8 Å². The van der Waals surface area contributed by atoms with Crippen molar-refractivity contribution in [1.82, 2.24) is 14.5 Å². The molecule has 0 bridgehead atoms. The van der Waals surface area contributed by atoms with E-state index in [-0.39, 0.29) is 35.4 Å². The monoisotopic (exact) mass is 535 g/mol. The molecule has 6 nitrogen and oxygen atoms in total. The maximum Gasteiger partial charge on any atom is 0.263 e. The Morgan fingerprint density at radius 3 is 2.79 bits per heavy atom. The predicted octanol–water partition coefficient (Wildman–Crippen LogP) is 3.72. The van der Waals surface area contributed by atoms with Crippen molar-refractivity contribution >= 4 is 43.4 Å². The second kappa shape index (κ2) is 8.97. The Bertz CT molecular complexity index is 1360. The van der Waals surface area contributed by atoms with Crippen molar-refractivity contribution in [3.8, 4) is 23.0 Å². The van der Waals surface area contributed by atoms with Crippen LogP contribution in [0.1, 0.15) is 25.1 Å². The van der Waals surface area contributed by atoms with Gasteiger partial charge < -0.3 is 10.0 Å². The topological polar surface area (TPSA) is 75.4 Å². The number of nitrogens with zero attached hydrogens (tertiary/aromatic N) is 3. The zero-order valence-corrected chi connectivity index (χ0v) is 20.3. The second-order valence-electron chi connectivity index (χ2n) is 8.15. The van der Waals surface area contributed by atoms with Crippen LogP contribution in [-0.2, 0) is 11.3 Å². The summed E-state index contributed by atoms with van der Waals surface area (Å²) >= 11 is 4.35. The summed E-state index contributed by atoms with van der Waals surface area (Å²) in [5.41, 5.74) is -0.849. The molecule has 1 aromatic carbocycles. The molecule has 1 unspecified atom stereocenters. The second-order valence-corrected chi connectivity index (χ2v) is 10.0. The normalized spacial score (nSPS) is 15.6. The van der Waals surface area contributed by atoms with Gasteiger partial charge in [0.15, 0.2) is 0 Å². The lowest BCUT2D eigenvalue weighted by atomic mass is 9.99. The average molecular weight is 536 g/mol. The Morgan fingerprint density at radius 1 is 1.42 bits per heavy atom. The van der Waals surface area contributed by atoms with Gasteiger partial charge in [-0.05, 0) is 47.0 Å². The summed E-state index contributed by atoms with van der Waals surface area (Å²) in [4.78, 5) is 32.5. The van der Waals surface area contributed by atoms with E-state index in [9.17, 15) is 23.5 Å². The van der Waals surface area contributed by atoms with Crippen LogP contribution < -0.4 is 5.56 Å². The molecule has 2 aromatic heterocycles. The first-order valence-electron chi connectivity index (χ1n) is 10.2. The molecule has 0 saturated carbocycles. The Morgan fingerprint density at radius 2 is 2.15 bits per heavy atom. The number of hydrogen-bond donors (Lipinski definition) is 1. The third-order valence-electron chi connectivity index (χ3n) is 5.33. The third kappa shape index (κ3) is 4.71. The molecule has 0 spiro atoms. The van der Waals surface area contributed by atoms with Gasteiger partial charge >= 0.3 is 0 Å². The molecule has 3 heterocycles. The van der Waals surface area contributed by atoms with E-state index in [1.165, 1.54) is 46.2 Å². The van der Waals surface area contributed by atoms with Gasteiger partial charge in [0.1, 0.15) is 29.0 Å². The number of carbonyl (C=O) groups excluding carboxylic acids is 1. The smallest absolute Gasteiger partial charge is 0.263 e.